The molecule has 0 spiro atoms. The number of hydrogen-bond donors (Lipinski definition) is 1. The molecule has 0 aliphatic rings. The van der Waals surface area contributed by atoms with Crippen LogP contribution < -0.4 is 5.32 Å². The van der Waals surface area contributed by atoms with E-state index < -0.39 is 17.5 Å². The predicted octanol–water partition coefficient (Wildman–Crippen LogP) is 2.88. The van der Waals surface area contributed by atoms with E-state index in [4.69, 9.17) is 0 Å². The van der Waals surface area contributed by atoms with Crippen molar-refractivity contribution in [3.63, 3.8) is 0 Å². The molecule has 0 aromatic heterocycles. The fraction of sp³-hybridized carbons (Fsp3) is 0.222. The minimum absolute atomic E-state index is 0.00758. The number of halogens is 3. The first-order valence-corrected chi connectivity index (χ1v) is 7.60. The number of carbonyl (C=O) groups excluding carboxylic acids is 2. The molecule has 2 aromatic rings. The van der Waals surface area contributed by atoms with E-state index in [1.807, 2.05) is 0 Å². The highest BCUT2D eigenvalue weighted by Gasteiger charge is 2.12. The van der Waals surface area contributed by atoms with E-state index in [1.165, 1.54) is 30.0 Å². The van der Waals surface area contributed by atoms with Crippen LogP contribution in [0.3, 0.4) is 0 Å². The van der Waals surface area contributed by atoms with Gasteiger partial charge in [-0.2, -0.15) is 0 Å². The average molecular weight is 350 g/mol. The molecular formula is C18H17F3N2O2. The third kappa shape index (κ3) is 5.34. The third-order valence-electron chi connectivity index (χ3n) is 3.58. The van der Waals surface area contributed by atoms with Crippen molar-refractivity contribution in [1.29, 1.82) is 0 Å². The Hall–Kier alpha value is -2.83. The summed E-state index contributed by atoms with van der Waals surface area (Å²) in [5, 5.41) is 2.54. The molecule has 25 heavy (non-hydrogen) atoms. The van der Waals surface area contributed by atoms with E-state index in [0.29, 0.717) is 0 Å². The molecular weight excluding hydrogens is 333 g/mol. The summed E-state index contributed by atoms with van der Waals surface area (Å²) in [6, 6.07) is 8.62. The topological polar surface area (TPSA) is 49.4 Å². The summed E-state index contributed by atoms with van der Waals surface area (Å²) in [6.07, 6.45) is 0. The first kappa shape index (κ1) is 18.5. The van der Waals surface area contributed by atoms with Gasteiger partial charge in [-0.15, -0.1) is 0 Å². The Bertz CT molecular complexity index is 763. The normalized spacial score (nSPS) is 10.4. The van der Waals surface area contributed by atoms with Gasteiger partial charge in [0.1, 0.15) is 5.82 Å². The molecule has 0 saturated carbocycles. The van der Waals surface area contributed by atoms with Crippen molar-refractivity contribution < 1.29 is 22.8 Å². The predicted molar refractivity (Wildman–Crippen MR) is 86.2 cm³/mol. The summed E-state index contributed by atoms with van der Waals surface area (Å²) in [6.45, 7) is 2.03. The Morgan fingerprint density at radius 2 is 1.68 bits per heavy atom. The number of hydrogen-bond acceptors (Lipinski definition) is 2. The van der Waals surface area contributed by atoms with Gasteiger partial charge in [0.05, 0.1) is 0 Å². The molecule has 0 fully saturated rings. The van der Waals surface area contributed by atoms with Gasteiger partial charge in [0.25, 0.3) is 5.91 Å². The van der Waals surface area contributed by atoms with Gasteiger partial charge in [0.15, 0.2) is 11.6 Å². The van der Waals surface area contributed by atoms with Gasteiger partial charge in [0.2, 0.25) is 5.91 Å². The maximum Gasteiger partial charge on any atom is 0.251 e. The lowest BCUT2D eigenvalue weighted by Crippen LogP contribution is -2.37. The Kier molecular flexibility index (Phi) is 6.16. The molecule has 132 valence electrons. The number of nitrogens with zero attached hydrogens (tertiary/aromatic N) is 1. The number of benzene rings is 2. The Labute approximate surface area is 143 Å². The summed E-state index contributed by atoms with van der Waals surface area (Å²) in [5.41, 5.74) is 0.746. The molecule has 0 aliphatic carbocycles. The molecule has 0 bridgehead atoms. The van der Waals surface area contributed by atoms with E-state index >= 15 is 0 Å². The van der Waals surface area contributed by atoms with E-state index in [2.05, 4.69) is 5.32 Å². The molecule has 4 nitrogen and oxygen atoms in total. The molecule has 2 aromatic carbocycles. The fourth-order valence-corrected chi connectivity index (χ4v) is 2.20. The lowest BCUT2D eigenvalue weighted by Gasteiger charge is -2.21. The second-order valence-electron chi connectivity index (χ2n) is 5.45. The molecule has 0 saturated heterocycles. The highest BCUT2D eigenvalue weighted by atomic mass is 19.2. The zero-order chi connectivity index (χ0) is 18.4. The van der Waals surface area contributed by atoms with E-state index in [-0.39, 0.29) is 36.9 Å². The van der Waals surface area contributed by atoms with Crippen LogP contribution in [0.15, 0.2) is 42.5 Å². The van der Waals surface area contributed by atoms with Gasteiger partial charge >= 0.3 is 0 Å². The van der Waals surface area contributed by atoms with Crippen LogP contribution in [0.1, 0.15) is 22.8 Å². The van der Waals surface area contributed by atoms with Gasteiger partial charge in [-0.05, 0) is 35.9 Å². The van der Waals surface area contributed by atoms with Gasteiger partial charge in [-0.25, -0.2) is 13.2 Å². The summed E-state index contributed by atoms with van der Waals surface area (Å²) in [5.74, 6) is -3.26. The van der Waals surface area contributed by atoms with Crippen molar-refractivity contribution in [2.75, 3.05) is 13.1 Å². The van der Waals surface area contributed by atoms with Crippen LogP contribution in [0.2, 0.25) is 0 Å². The molecule has 0 aliphatic heterocycles. The smallest absolute Gasteiger partial charge is 0.251 e. The van der Waals surface area contributed by atoms with E-state index in [0.717, 1.165) is 17.7 Å². The molecule has 0 radical (unpaired) electrons. The fourth-order valence-electron chi connectivity index (χ4n) is 2.20. The minimum Gasteiger partial charge on any atom is -0.350 e. The second kappa shape index (κ2) is 8.32. The minimum atomic E-state index is -1.10. The Balaban J connectivity index is 1.90. The molecule has 0 atom stereocenters. The first-order valence-electron chi connectivity index (χ1n) is 7.60. The molecule has 1 N–H and O–H groups in total. The van der Waals surface area contributed by atoms with Crippen LogP contribution in [-0.4, -0.2) is 29.8 Å². The van der Waals surface area contributed by atoms with Crippen LogP contribution in [0.25, 0.3) is 0 Å². The van der Waals surface area contributed by atoms with Gasteiger partial charge in [-0.1, -0.05) is 12.1 Å². The van der Waals surface area contributed by atoms with Crippen molar-refractivity contribution in [1.82, 2.24) is 10.2 Å². The van der Waals surface area contributed by atoms with E-state index in [9.17, 15) is 22.8 Å². The highest BCUT2D eigenvalue weighted by Crippen LogP contribution is 2.09. The van der Waals surface area contributed by atoms with Crippen molar-refractivity contribution in [2.24, 2.45) is 0 Å². The number of nitrogens with one attached hydrogen (secondary N) is 1. The van der Waals surface area contributed by atoms with Crippen molar-refractivity contribution in [3.8, 4) is 0 Å². The van der Waals surface area contributed by atoms with Gasteiger partial charge in [0, 0.05) is 32.1 Å². The Morgan fingerprint density at radius 1 is 1.00 bits per heavy atom. The Morgan fingerprint density at radius 3 is 2.28 bits per heavy atom. The maximum atomic E-state index is 13.1. The number of rotatable bonds is 6. The lowest BCUT2D eigenvalue weighted by atomic mass is 10.2. The van der Waals surface area contributed by atoms with Crippen LogP contribution in [0.5, 0.6) is 0 Å². The lowest BCUT2D eigenvalue weighted by molar-refractivity contribution is -0.129. The van der Waals surface area contributed by atoms with Crippen molar-refractivity contribution >= 4 is 11.8 Å². The largest absolute Gasteiger partial charge is 0.350 e. The second-order valence-corrected chi connectivity index (χ2v) is 5.45. The first-order chi connectivity index (χ1) is 11.9. The SMILES string of the molecule is CC(=O)N(CCNC(=O)c1ccc(F)c(F)c1)Cc1ccc(F)cc1. The number of amides is 2. The standard InChI is InChI=1S/C18H17F3N2O2/c1-12(24)23(11-13-2-5-15(19)6-3-13)9-8-22-18(25)14-4-7-16(20)17(21)10-14/h2-7,10H,8-9,11H2,1H3,(H,22,25). The van der Waals surface area contributed by atoms with E-state index in [1.54, 1.807) is 12.1 Å². The zero-order valence-corrected chi connectivity index (χ0v) is 13.6. The van der Waals surface area contributed by atoms with Crippen LogP contribution >= 0.6 is 0 Å². The van der Waals surface area contributed by atoms with Crippen molar-refractivity contribution in [2.45, 2.75) is 13.5 Å². The summed E-state index contributed by atoms with van der Waals surface area (Å²) in [7, 11) is 0. The monoisotopic (exact) mass is 350 g/mol. The van der Waals surface area contributed by atoms with Crippen molar-refractivity contribution in [3.05, 3.63) is 71.0 Å². The number of carbonyl (C=O) groups is 2. The maximum absolute atomic E-state index is 13.1. The quantitative estimate of drug-likeness (QED) is 0.871. The molecule has 2 rings (SSSR count). The van der Waals surface area contributed by atoms with Crippen LogP contribution in [-0.2, 0) is 11.3 Å². The molecule has 7 heteroatoms. The van der Waals surface area contributed by atoms with Crippen LogP contribution in [0, 0.1) is 17.5 Å². The average Bonchev–Trinajstić information content (AvgIpc) is 2.58. The third-order valence-corrected chi connectivity index (χ3v) is 3.58. The molecule has 2 amide bonds. The van der Waals surface area contributed by atoms with Crippen LogP contribution in [0.4, 0.5) is 13.2 Å². The van der Waals surface area contributed by atoms with Gasteiger partial charge in [-0.3, -0.25) is 9.59 Å². The highest BCUT2D eigenvalue weighted by molar-refractivity contribution is 5.94. The van der Waals surface area contributed by atoms with Gasteiger partial charge < -0.3 is 10.2 Å². The summed E-state index contributed by atoms with van der Waals surface area (Å²) in [4.78, 5) is 25.1. The molecule has 0 heterocycles. The molecule has 0 unspecified atom stereocenters. The zero-order valence-electron chi connectivity index (χ0n) is 13.6. The summed E-state index contributed by atoms with van der Waals surface area (Å²) < 4.78 is 38.9. The summed E-state index contributed by atoms with van der Waals surface area (Å²) >= 11 is 0.